The summed E-state index contributed by atoms with van der Waals surface area (Å²) in [7, 11) is 0. The number of para-hydroxylation sites is 1. The Kier molecular flexibility index (Phi) is 8.68. The average Bonchev–Trinajstić information content (AvgIpc) is 3.58. The van der Waals surface area contributed by atoms with Crippen LogP contribution in [0.15, 0.2) is 218 Å². The zero-order chi connectivity index (χ0) is 39.3. The Bertz CT molecular complexity index is 2870. The molecule has 0 saturated carbocycles. The summed E-state index contributed by atoms with van der Waals surface area (Å²) in [5.41, 5.74) is 16.7. The van der Waals surface area contributed by atoms with Crippen molar-refractivity contribution in [2.45, 2.75) is 31.6 Å². The molecule has 58 heavy (non-hydrogen) atoms. The minimum Gasteiger partial charge on any atom is -0.310 e. The largest absolute Gasteiger partial charge is 0.310 e. The fraction of sp³-hybridized carbons (Fsp3) is 0.0877. The summed E-state index contributed by atoms with van der Waals surface area (Å²) < 4.78 is 0. The highest BCUT2D eigenvalue weighted by atomic mass is 15.1. The quantitative estimate of drug-likeness (QED) is 0.157. The molecule has 1 aliphatic carbocycles. The van der Waals surface area contributed by atoms with Gasteiger partial charge in [0.1, 0.15) is 0 Å². The van der Waals surface area contributed by atoms with E-state index in [-0.39, 0.29) is 5.41 Å². The Morgan fingerprint density at radius 2 is 0.897 bits per heavy atom. The van der Waals surface area contributed by atoms with Crippen LogP contribution in [0.1, 0.15) is 48.6 Å². The maximum atomic E-state index is 2.47. The van der Waals surface area contributed by atoms with E-state index in [1.54, 1.807) is 0 Å². The summed E-state index contributed by atoms with van der Waals surface area (Å²) >= 11 is 0. The van der Waals surface area contributed by atoms with E-state index in [0.29, 0.717) is 0 Å². The first-order valence-corrected chi connectivity index (χ1v) is 20.4. The molecule has 0 aromatic heterocycles. The van der Waals surface area contributed by atoms with Crippen LogP contribution in [-0.4, -0.2) is 0 Å². The van der Waals surface area contributed by atoms with E-state index in [2.05, 4.69) is 244 Å². The van der Waals surface area contributed by atoms with Crippen molar-refractivity contribution in [1.29, 1.82) is 0 Å². The Morgan fingerprint density at radius 1 is 0.379 bits per heavy atom. The van der Waals surface area contributed by atoms with E-state index in [1.165, 1.54) is 72.0 Å². The third kappa shape index (κ3) is 5.77. The molecule has 1 aliphatic rings. The second-order valence-corrected chi connectivity index (χ2v) is 16.5. The summed E-state index contributed by atoms with van der Waals surface area (Å²) in [4.78, 5) is 2.47. The molecule has 0 aliphatic heterocycles. The van der Waals surface area contributed by atoms with Crippen molar-refractivity contribution in [2.24, 2.45) is 0 Å². The monoisotopic (exact) mass is 743 g/mol. The molecule has 0 saturated heterocycles. The van der Waals surface area contributed by atoms with E-state index in [0.717, 1.165) is 17.1 Å². The Balaban J connectivity index is 1.24. The van der Waals surface area contributed by atoms with Gasteiger partial charge < -0.3 is 4.90 Å². The van der Waals surface area contributed by atoms with Crippen molar-refractivity contribution >= 4 is 27.8 Å². The second kappa shape index (κ2) is 14.2. The zero-order valence-electron chi connectivity index (χ0n) is 33.2. The SMILES string of the molecule is CC(C)(C)c1ccc(N(c2cccc(C3(c4ccccc4)c4ccccc4-c4ccccc43)c2)c2ccccc2-c2cccc3cccc(-c4ccccc4)c23)cc1. The van der Waals surface area contributed by atoms with Crippen molar-refractivity contribution in [1.82, 2.24) is 0 Å². The van der Waals surface area contributed by atoms with Crippen molar-refractivity contribution < 1.29 is 0 Å². The fourth-order valence-electron chi connectivity index (χ4n) is 9.45. The van der Waals surface area contributed by atoms with E-state index in [4.69, 9.17) is 0 Å². The third-order valence-corrected chi connectivity index (χ3v) is 12.1. The maximum absolute atomic E-state index is 2.47. The molecule has 9 aromatic carbocycles. The molecular weight excluding hydrogens is 699 g/mol. The number of nitrogens with zero attached hydrogens (tertiary/aromatic N) is 1. The molecular formula is C57H45N. The van der Waals surface area contributed by atoms with Gasteiger partial charge in [-0.3, -0.25) is 0 Å². The van der Waals surface area contributed by atoms with Gasteiger partial charge in [0.25, 0.3) is 0 Å². The molecule has 0 atom stereocenters. The average molecular weight is 744 g/mol. The topological polar surface area (TPSA) is 3.24 Å². The molecule has 0 heterocycles. The molecule has 9 aromatic rings. The minimum absolute atomic E-state index is 0.0310. The lowest BCUT2D eigenvalue weighted by molar-refractivity contribution is 0.590. The second-order valence-electron chi connectivity index (χ2n) is 16.5. The maximum Gasteiger partial charge on any atom is 0.0714 e. The number of hydrogen-bond donors (Lipinski definition) is 0. The van der Waals surface area contributed by atoms with Crippen LogP contribution in [0.5, 0.6) is 0 Å². The number of anilines is 3. The normalized spacial score (nSPS) is 12.9. The van der Waals surface area contributed by atoms with Gasteiger partial charge >= 0.3 is 0 Å². The van der Waals surface area contributed by atoms with Gasteiger partial charge in [0, 0.05) is 16.9 Å². The predicted octanol–water partition coefficient (Wildman–Crippen LogP) is 15.3. The fourth-order valence-corrected chi connectivity index (χ4v) is 9.45. The van der Waals surface area contributed by atoms with Crippen LogP contribution in [0, 0.1) is 0 Å². The highest BCUT2D eigenvalue weighted by Crippen LogP contribution is 2.57. The Hall–Kier alpha value is -6.96. The number of rotatable bonds is 7. The van der Waals surface area contributed by atoms with Crippen LogP contribution in [0.4, 0.5) is 17.1 Å². The summed E-state index contributed by atoms with van der Waals surface area (Å²) in [6, 6.07) is 80.7. The van der Waals surface area contributed by atoms with Crippen LogP contribution in [0.3, 0.4) is 0 Å². The van der Waals surface area contributed by atoms with Gasteiger partial charge in [-0.05, 0) is 102 Å². The minimum atomic E-state index is -0.508. The lowest BCUT2D eigenvalue weighted by Crippen LogP contribution is -2.28. The first-order valence-electron chi connectivity index (χ1n) is 20.4. The van der Waals surface area contributed by atoms with Gasteiger partial charge in [0.15, 0.2) is 0 Å². The highest BCUT2D eigenvalue weighted by Gasteiger charge is 2.46. The van der Waals surface area contributed by atoms with Crippen LogP contribution in [0.2, 0.25) is 0 Å². The van der Waals surface area contributed by atoms with E-state index in [9.17, 15) is 0 Å². The summed E-state index contributed by atoms with van der Waals surface area (Å²) in [5.74, 6) is 0. The Morgan fingerprint density at radius 3 is 1.55 bits per heavy atom. The summed E-state index contributed by atoms with van der Waals surface area (Å²) in [5, 5.41) is 2.47. The van der Waals surface area contributed by atoms with Crippen LogP contribution in [0.25, 0.3) is 44.2 Å². The Labute approximate surface area is 342 Å². The van der Waals surface area contributed by atoms with E-state index in [1.807, 2.05) is 0 Å². The van der Waals surface area contributed by atoms with Crippen LogP contribution in [-0.2, 0) is 10.8 Å². The van der Waals surface area contributed by atoms with Gasteiger partial charge in [0.05, 0.1) is 11.1 Å². The van der Waals surface area contributed by atoms with Crippen molar-refractivity contribution in [3.05, 3.63) is 246 Å². The van der Waals surface area contributed by atoms with Crippen molar-refractivity contribution in [2.75, 3.05) is 4.90 Å². The standard InChI is InChI=1S/C57H45N/c1-56(2,3)42-35-37-45(38-36-42)58(54-34-15-12-29-50(54)51-31-17-22-41-21-16-30-47(55(41)51)40-19-6-4-7-20-40)46-26-18-25-44(39-46)57(43-23-8-5-9-24-43)52-32-13-10-27-48(52)49-28-11-14-33-53(49)57/h4-39H,1-3H3. The zero-order valence-corrected chi connectivity index (χ0v) is 33.2. The van der Waals surface area contributed by atoms with Crippen molar-refractivity contribution in [3.8, 4) is 33.4 Å². The van der Waals surface area contributed by atoms with Gasteiger partial charge in [-0.2, -0.15) is 0 Å². The van der Waals surface area contributed by atoms with Gasteiger partial charge in [0.2, 0.25) is 0 Å². The summed E-state index contributed by atoms with van der Waals surface area (Å²) in [6.07, 6.45) is 0. The predicted molar refractivity (Wildman–Crippen MR) is 246 cm³/mol. The molecule has 0 fully saturated rings. The van der Waals surface area contributed by atoms with Gasteiger partial charge in [-0.15, -0.1) is 0 Å². The molecule has 0 amide bonds. The highest BCUT2D eigenvalue weighted by molar-refractivity contribution is 6.08. The van der Waals surface area contributed by atoms with Crippen LogP contribution < -0.4 is 4.90 Å². The number of benzene rings is 9. The first kappa shape index (κ1) is 35.5. The lowest BCUT2D eigenvalue weighted by Gasteiger charge is -2.35. The molecule has 1 heteroatoms. The third-order valence-electron chi connectivity index (χ3n) is 12.1. The van der Waals surface area contributed by atoms with Gasteiger partial charge in [-0.1, -0.05) is 209 Å². The molecule has 278 valence electrons. The molecule has 0 bridgehead atoms. The molecule has 0 radical (unpaired) electrons. The van der Waals surface area contributed by atoms with Crippen molar-refractivity contribution in [3.63, 3.8) is 0 Å². The molecule has 0 unspecified atom stereocenters. The van der Waals surface area contributed by atoms with E-state index >= 15 is 0 Å². The number of fused-ring (bicyclic) bond motifs is 4. The first-order chi connectivity index (χ1) is 28.4. The number of hydrogen-bond acceptors (Lipinski definition) is 1. The molecule has 1 nitrogen and oxygen atoms in total. The summed E-state index contributed by atoms with van der Waals surface area (Å²) in [6.45, 7) is 6.84. The van der Waals surface area contributed by atoms with Crippen LogP contribution >= 0.6 is 0 Å². The molecule has 10 rings (SSSR count). The smallest absolute Gasteiger partial charge is 0.0714 e. The van der Waals surface area contributed by atoms with Gasteiger partial charge in [-0.25, -0.2) is 0 Å². The molecule has 0 N–H and O–H groups in total. The van der Waals surface area contributed by atoms with E-state index < -0.39 is 5.41 Å². The molecule has 0 spiro atoms. The lowest BCUT2D eigenvalue weighted by atomic mass is 9.67.